The fourth-order valence-corrected chi connectivity index (χ4v) is 4.60. The summed E-state index contributed by atoms with van der Waals surface area (Å²) in [5, 5.41) is 1.01. The summed E-state index contributed by atoms with van der Waals surface area (Å²) in [4.78, 5) is 22.5. The van der Waals surface area contributed by atoms with Crippen molar-refractivity contribution in [2.45, 2.75) is 38.5 Å². The van der Waals surface area contributed by atoms with Crippen LogP contribution >= 0.6 is 11.3 Å². The molecule has 1 aromatic carbocycles. The summed E-state index contributed by atoms with van der Waals surface area (Å²) >= 11 is 1.16. The number of benzene rings is 1. The lowest BCUT2D eigenvalue weighted by atomic mass is 10.0. The molecule has 4 rings (SSSR count). The molecule has 32 heavy (non-hydrogen) atoms. The van der Waals surface area contributed by atoms with E-state index in [4.69, 9.17) is 10.5 Å². The smallest absolute Gasteiger partial charge is 0.364 e. The number of pyridine rings is 1. The maximum absolute atomic E-state index is 13.2. The van der Waals surface area contributed by atoms with E-state index in [1.165, 1.54) is 12.3 Å². The molecule has 2 aromatic heterocycles. The SMILES string of the molecule is C[C@@H]1CN(Cc2ccc3c(-c4cnc(CF)s4)cc(C(N)=O)nc3c2)C[C@H](C(F)(F)F)O1. The lowest BCUT2D eigenvalue weighted by Crippen LogP contribution is -2.51. The average molecular weight is 468 g/mol. The van der Waals surface area contributed by atoms with E-state index in [-0.39, 0.29) is 18.8 Å². The Morgan fingerprint density at radius 2 is 2.09 bits per heavy atom. The number of ether oxygens (including phenoxy) is 1. The van der Waals surface area contributed by atoms with Gasteiger partial charge >= 0.3 is 6.18 Å². The summed E-state index contributed by atoms with van der Waals surface area (Å²) in [6.45, 7) is 1.27. The zero-order chi connectivity index (χ0) is 23.0. The monoisotopic (exact) mass is 468 g/mol. The summed E-state index contributed by atoms with van der Waals surface area (Å²) in [5.41, 5.74) is 7.33. The van der Waals surface area contributed by atoms with Crippen molar-refractivity contribution in [3.63, 3.8) is 0 Å². The van der Waals surface area contributed by atoms with Crippen molar-refractivity contribution in [1.82, 2.24) is 14.9 Å². The average Bonchev–Trinajstić information content (AvgIpc) is 3.20. The Labute approximate surface area is 185 Å². The van der Waals surface area contributed by atoms with Gasteiger partial charge in [0.15, 0.2) is 6.10 Å². The molecular formula is C21H20F4N4O2S. The molecule has 0 saturated carbocycles. The molecule has 0 aliphatic carbocycles. The van der Waals surface area contributed by atoms with Gasteiger partial charge in [0.25, 0.3) is 5.91 Å². The number of morpholine rings is 1. The third kappa shape index (κ3) is 4.74. The highest BCUT2D eigenvalue weighted by Crippen LogP contribution is 2.34. The third-order valence-electron chi connectivity index (χ3n) is 5.17. The van der Waals surface area contributed by atoms with Crippen LogP contribution in [0.15, 0.2) is 30.5 Å². The van der Waals surface area contributed by atoms with Crippen LogP contribution in [0.3, 0.4) is 0 Å². The second-order valence-corrected chi connectivity index (χ2v) is 8.81. The first-order valence-corrected chi connectivity index (χ1v) is 10.6. The molecule has 1 fully saturated rings. The number of rotatable bonds is 5. The van der Waals surface area contributed by atoms with Gasteiger partial charge in [0.1, 0.15) is 17.4 Å². The molecule has 1 aliphatic rings. The topological polar surface area (TPSA) is 81.3 Å². The van der Waals surface area contributed by atoms with Crippen LogP contribution in [-0.4, -0.2) is 52.2 Å². The Kier molecular flexibility index (Phi) is 6.15. The maximum atomic E-state index is 13.2. The van der Waals surface area contributed by atoms with Gasteiger partial charge in [-0.3, -0.25) is 9.69 Å². The molecule has 1 amide bonds. The maximum Gasteiger partial charge on any atom is 0.415 e. The number of nitrogens with two attached hydrogens (primary N) is 1. The highest BCUT2D eigenvalue weighted by atomic mass is 32.1. The van der Waals surface area contributed by atoms with E-state index >= 15 is 0 Å². The number of amides is 1. The predicted molar refractivity (Wildman–Crippen MR) is 112 cm³/mol. The van der Waals surface area contributed by atoms with Gasteiger partial charge in [-0.25, -0.2) is 14.4 Å². The summed E-state index contributed by atoms with van der Waals surface area (Å²) in [6.07, 6.45) is -5.30. The summed E-state index contributed by atoms with van der Waals surface area (Å²) in [7, 11) is 0. The van der Waals surface area contributed by atoms with E-state index < -0.39 is 31.0 Å². The van der Waals surface area contributed by atoms with Crippen LogP contribution in [0, 0.1) is 0 Å². The number of thiazole rings is 1. The van der Waals surface area contributed by atoms with Crippen molar-refractivity contribution in [1.29, 1.82) is 0 Å². The molecule has 170 valence electrons. The number of aromatic nitrogens is 2. The molecule has 3 aromatic rings. The van der Waals surface area contributed by atoms with Crippen molar-refractivity contribution in [3.05, 3.63) is 46.7 Å². The van der Waals surface area contributed by atoms with Crippen LogP contribution < -0.4 is 5.73 Å². The van der Waals surface area contributed by atoms with Gasteiger partial charge in [0.05, 0.1) is 16.5 Å². The Balaban J connectivity index is 1.68. The molecule has 2 N–H and O–H groups in total. The second-order valence-electron chi connectivity index (χ2n) is 7.69. The van der Waals surface area contributed by atoms with Crippen LogP contribution in [0.2, 0.25) is 0 Å². The van der Waals surface area contributed by atoms with Gasteiger partial charge in [-0.2, -0.15) is 13.2 Å². The van der Waals surface area contributed by atoms with E-state index in [9.17, 15) is 22.4 Å². The number of fused-ring (bicyclic) bond motifs is 1. The van der Waals surface area contributed by atoms with Crippen LogP contribution in [0.4, 0.5) is 17.6 Å². The number of carbonyl (C=O) groups is 1. The summed E-state index contributed by atoms with van der Waals surface area (Å²) in [6, 6.07) is 6.86. The number of hydrogen-bond donors (Lipinski definition) is 1. The minimum atomic E-state index is -4.43. The predicted octanol–water partition coefficient (Wildman–Crippen LogP) is 4.08. The molecule has 2 atom stereocenters. The van der Waals surface area contributed by atoms with Crippen molar-refractivity contribution >= 4 is 28.1 Å². The van der Waals surface area contributed by atoms with E-state index in [0.29, 0.717) is 32.9 Å². The van der Waals surface area contributed by atoms with E-state index in [1.807, 2.05) is 0 Å². The Morgan fingerprint density at radius 3 is 2.75 bits per heavy atom. The number of alkyl halides is 4. The lowest BCUT2D eigenvalue weighted by molar-refractivity contribution is -0.252. The van der Waals surface area contributed by atoms with Crippen molar-refractivity contribution in [2.75, 3.05) is 13.1 Å². The molecule has 3 heterocycles. The van der Waals surface area contributed by atoms with Gasteiger partial charge < -0.3 is 10.5 Å². The standard InChI is InChI=1S/C21H20F4N4O2S/c1-11-8-29(10-18(31-11)21(23,24)25)9-12-2-3-13-14(17-7-27-19(6-22)32-17)5-16(20(26)30)28-15(13)4-12/h2-5,7,11,18H,6,8-10H2,1H3,(H2,26,30)/t11-,18-/m1/s1. The van der Waals surface area contributed by atoms with E-state index in [2.05, 4.69) is 9.97 Å². The molecule has 1 saturated heterocycles. The van der Waals surface area contributed by atoms with Crippen molar-refractivity contribution in [2.24, 2.45) is 5.73 Å². The first kappa shape index (κ1) is 22.6. The molecule has 0 bridgehead atoms. The largest absolute Gasteiger partial charge is 0.415 e. The normalized spacial score (nSPS) is 20.0. The molecule has 0 spiro atoms. The first-order valence-electron chi connectivity index (χ1n) is 9.83. The molecule has 1 aliphatic heterocycles. The summed E-state index contributed by atoms with van der Waals surface area (Å²) < 4.78 is 57.5. The molecule has 0 unspecified atom stereocenters. The first-order chi connectivity index (χ1) is 15.1. The molecule has 11 heteroatoms. The van der Waals surface area contributed by atoms with Crippen LogP contribution in [0.25, 0.3) is 21.3 Å². The highest BCUT2D eigenvalue weighted by Gasteiger charge is 2.44. The highest BCUT2D eigenvalue weighted by molar-refractivity contribution is 7.15. The molecular weight excluding hydrogens is 448 g/mol. The number of nitrogens with zero attached hydrogens (tertiary/aromatic N) is 3. The van der Waals surface area contributed by atoms with Crippen molar-refractivity contribution < 1.29 is 27.1 Å². The van der Waals surface area contributed by atoms with Gasteiger partial charge in [-0.15, -0.1) is 11.3 Å². The fraction of sp³-hybridized carbons (Fsp3) is 0.381. The van der Waals surface area contributed by atoms with Crippen LogP contribution in [0.1, 0.15) is 28.0 Å². The quantitative estimate of drug-likeness (QED) is 0.571. The minimum Gasteiger partial charge on any atom is -0.364 e. The van der Waals surface area contributed by atoms with Gasteiger partial charge in [0.2, 0.25) is 0 Å². The molecule has 0 radical (unpaired) electrons. The summed E-state index contributed by atoms with van der Waals surface area (Å²) in [5.74, 6) is -0.719. The van der Waals surface area contributed by atoms with Gasteiger partial charge in [-0.1, -0.05) is 12.1 Å². The Morgan fingerprint density at radius 1 is 1.31 bits per heavy atom. The Hall–Kier alpha value is -2.63. The second kappa shape index (κ2) is 8.72. The number of hydrogen-bond acceptors (Lipinski definition) is 6. The number of primary amides is 1. The Bertz CT molecular complexity index is 1150. The van der Waals surface area contributed by atoms with Gasteiger partial charge in [-0.05, 0) is 24.6 Å². The van der Waals surface area contributed by atoms with Gasteiger partial charge in [0, 0.05) is 36.8 Å². The van der Waals surface area contributed by atoms with Crippen LogP contribution in [-0.2, 0) is 18.0 Å². The minimum absolute atomic E-state index is 0.0389. The fourth-order valence-electron chi connectivity index (χ4n) is 3.81. The lowest BCUT2D eigenvalue weighted by Gasteiger charge is -2.37. The number of carbonyl (C=O) groups excluding carboxylic acids is 1. The molecule has 6 nitrogen and oxygen atoms in total. The zero-order valence-electron chi connectivity index (χ0n) is 17.0. The van der Waals surface area contributed by atoms with Crippen molar-refractivity contribution in [3.8, 4) is 10.4 Å². The third-order valence-corrected chi connectivity index (χ3v) is 6.16. The number of halogens is 4. The van der Waals surface area contributed by atoms with E-state index in [1.54, 1.807) is 30.0 Å². The van der Waals surface area contributed by atoms with E-state index in [0.717, 1.165) is 16.9 Å². The van der Waals surface area contributed by atoms with Crippen LogP contribution in [0.5, 0.6) is 0 Å². The zero-order valence-corrected chi connectivity index (χ0v) is 17.8.